The Kier molecular flexibility index (Phi) is 14.1. The Morgan fingerprint density at radius 2 is 1.37 bits per heavy atom. The van der Waals surface area contributed by atoms with Crippen molar-refractivity contribution in [3.63, 3.8) is 0 Å². The molecule has 0 spiro atoms. The normalized spacial score (nSPS) is 23.5. The van der Waals surface area contributed by atoms with Gasteiger partial charge in [0.15, 0.2) is 5.96 Å². The number of nitrogens with two attached hydrogens (primary N) is 3. The van der Waals surface area contributed by atoms with Crippen LogP contribution in [0.15, 0.2) is 4.99 Å². The van der Waals surface area contributed by atoms with E-state index in [1.807, 2.05) is 0 Å². The van der Waals surface area contributed by atoms with E-state index in [0.717, 1.165) is 0 Å². The molecule has 17 heteroatoms. The highest BCUT2D eigenvalue weighted by Crippen LogP contribution is 2.06. The molecule has 1 fully saturated rings. The zero-order valence-corrected chi connectivity index (χ0v) is 20.9. The van der Waals surface area contributed by atoms with Gasteiger partial charge in [0.05, 0.1) is 19.6 Å². The maximum absolute atomic E-state index is 13.1. The number of hydrogen-bond donors (Lipinski definition) is 10. The van der Waals surface area contributed by atoms with E-state index < -0.39 is 79.2 Å². The number of carbonyl (C=O) groups is 6. The lowest BCUT2D eigenvalue weighted by molar-refractivity contribution is -0.141. The van der Waals surface area contributed by atoms with Gasteiger partial charge >= 0.3 is 5.97 Å². The molecule has 1 rings (SSSR count). The van der Waals surface area contributed by atoms with Crippen LogP contribution in [0, 0.1) is 0 Å². The van der Waals surface area contributed by atoms with Gasteiger partial charge in [-0.1, -0.05) is 0 Å². The summed E-state index contributed by atoms with van der Waals surface area (Å²) >= 11 is 0. The molecule has 1 aliphatic heterocycles. The second-order valence-corrected chi connectivity index (χ2v) is 8.54. The Morgan fingerprint density at radius 3 is 1.95 bits per heavy atom. The van der Waals surface area contributed by atoms with Crippen molar-refractivity contribution in [3.8, 4) is 0 Å². The predicted molar refractivity (Wildman–Crippen MR) is 133 cm³/mol. The number of nitrogens with one attached hydrogen (secondary N) is 5. The number of carboxylic acid groups (broad SMARTS) is 1. The van der Waals surface area contributed by atoms with E-state index in [1.54, 1.807) is 0 Å². The van der Waals surface area contributed by atoms with Gasteiger partial charge in [-0.05, 0) is 38.6 Å². The van der Waals surface area contributed by atoms with Crippen molar-refractivity contribution < 1.29 is 39.0 Å². The molecule has 214 valence electrons. The SMILES string of the molecule is NCCCC[C@@H]1NC(=O)[C@H](CO)NC(=O)[C@H](CC(=O)O)NC(=O)CNC(=O)[C@H](CCCN=C(N)N)NC1=O. The second-order valence-electron chi connectivity index (χ2n) is 8.54. The number of aliphatic imine (C=N–C) groups is 1. The Balaban J connectivity index is 3.28. The van der Waals surface area contributed by atoms with Crippen LogP contribution < -0.4 is 43.8 Å². The third-order valence-corrected chi connectivity index (χ3v) is 5.43. The van der Waals surface area contributed by atoms with Crippen molar-refractivity contribution in [2.45, 2.75) is 62.7 Å². The summed E-state index contributed by atoms with van der Waals surface area (Å²) in [6.07, 6.45) is 0.614. The van der Waals surface area contributed by atoms with Crippen molar-refractivity contribution >= 4 is 41.5 Å². The molecule has 1 saturated heterocycles. The topological polar surface area (TPSA) is 293 Å². The number of aliphatic hydroxyl groups is 1. The molecule has 38 heavy (non-hydrogen) atoms. The highest BCUT2D eigenvalue weighted by molar-refractivity contribution is 5.97. The fourth-order valence-electron chi connectivity index (χ4n) is 3.46. The number of carbonyl (C=O) groups excluding carboxylic acids is 5. The average Bonchev–Trinajstić information content (AvgIpc) is 2.85. The molecule has 1 heterocycles. The summed E-state index contributed by atoms with van der Waals surface area (Å²) in [4.78, 5) is 78.7. The third kappa shape index (κ3) is 11.8. The van der Waals surface area contributed by atoms with Gasteiger partial charge in [0.1, 0.15) is 24.2 Å². The number of unbranched alkanes of at least 4 members (excludes halogenated alkanes) is 1. The summed E-state index contributed by atoms with van der Waals surface area (Å²) in [7, 11) is 0. The van der Waals surface area contributed by atoms with Gasteiger partial charge in [-0.25, -0.2) is 0 Å². The fraction of sp³-hybridized carbons (Fsp3) is 0.667. The zero-order chi connectivity index (χ0) is 28.7. The number of rotatable bonds is 11. The molecule has 0 unspecified atom stereocenters. The lowest BCUT2D eigenvalue weighted by Crippen LogP contribution is -2.58. The van der Waals surface area contributed by atoms with E-state index in [1.165, 1.54) is 0 Å². The van der Waals surface area contributed by atoms with E-state index in [4.69, 9.17) is 22.3 Å². The summed E-state index contributed by atoms with van der Waals surface area (Å²) in [5.41, 5.74) is 16.1. The molecule has 1 aliphatic rings. The van der Waals surface area contributed by atoms with Gasteiger partial charge in [-0.3, -0.25) is 33.8 Å². The number of aliphatic carboxylic acids is 1. The number of hydrogen-bond acceptors (Lipinski definition) is 9. The average molecular weight is 544 g/mol. The Bertz CT molecular complexity index is 894. The van der Waals surface area contributed by atoms with Crippen molar-refractivity contribution in [1.82, 2.24) is 26.6 Å². The summed E-state index contributed by atoms with van der Waals surface area (Å²) in [5, 5.41) is 30.5. The van der Waals surface area contributed by atoms with E-state index in [-0.39, 0.29) is 31.8 Å². The molecule has 0 aromatic rings. The van der Waals surface area contributed by atoms with Crippen LogP contribution in [0.3, 0.4) is 0 Å². The highest BCUT2D eigenvalue weighted by Gasteiger charge is 2.32. The predicted octanol–water partition coefficient (Wildman–Crippen LogP) is -5.30. The first-order valence-electron chi connectivity index (χ1n) is 12.0. The van der Waals surface area contributed by atoms with Crippen LogP contribution in [0.5, 0.6) is 0 Å². The van der Waals surface area contributed by atoms with E-state index in [0.29, 0.717) is 19.4 Å². The minimum Gasteiger partial charge on any atom is -0.481 e. The van der Waals surface area contributed by atoms with Crippen molar-refractivity contribution in [3.05, 3.63) is 0 Å². The maximum atomic E-state index is 13.1. The number of nitrogens with zero attached hydrogens (tertiary/aromatic N) is 1. The standard InChI is InChI=1S/C21H37N9O8/c22-6-2-1-4-12-18(36)28-11(5-3-7-25-21(23)24)17(35)26-9-15(32)27-13(8-16(33)34)19(37)30-14(10-31)20(38)29-12/h11-14,31H,1-10,22H2,(H,26,35)(H,27,32)(H,28,36)(H,29,38)(H,30,37)(H,33,34)(H4,23,24,25)/t11-,12-,13-,14-/m0/s1. The largest absolute Gasteiger partial charge is 0.481 e. The number of carboxylic acids is 1. The zero-order valence-electron chi connectivity index (χ0n) is 20.9. The Morgan fingerprint density at radius 1 is 0.816 bits per heavy atom. The molecular formula is C21H37N9O8. The van der Waals surface area contributed by atoms with Crippen molar-refractivity contribution in [2.75, 3.05) is 26.2 Å². The monoisotopic (exact) mass is 543 g/mol. The number of amides is 5. The van der Waals surface area contributed by atoms with E-state index >= 15 is 0 Å². The summed E-state index contributed by atoms with van der Waals surface area (Å²) in [6, 6.07) is -5.47. The summed E-state index contributed by atoms with van der Waals surface area (Å²) in [5.74, 6) is -5.93. The minimum atomic E-state index is -1.61. The van der Waals surface area contributed by atoms with Gasteiger partial charge in [0.2, 0.25) is 29.5 Å². The van der Waals surface area contributed by atoms with Crippen molar-refractivity contribution in [2.24, 2.45) is 22.2 Å². The first-order valence-corrected chi connectivity index (χ1v) is 12.0. The fourth-order valence-corrected chi connectivity index (χ4v) is 3.46. The van der Waals surface area contributed by atoms with Crippen molar-refractivity contribution in [1.29, 1.82) is 0 Å². The van der Waals surface area contributed by atoms with Crippen LogP contribution in [0.1, 0.15) is 38.5 Å². The molecule has 0 aromatic heterocycles. The molecule has 0 aromatic carbocycles. The summed E-state index contributed by atoms with van der Waals surface area (Å²) in [6.45, 7) is -1.03. The van der Waals surface area contributed by atoms with E-state index in [2.05, 4.69) is 31.6 Å². The first kappa shape index (κ1) is 32.0. The minimum absolute atomic E-state index is 0.0698. The molecule has 0 aliphatic carbocycles. The Labute approximate surface area is 218 Å². The van der Waals surface area contributed by atoms with Crippen LogP contribution >= 0.6 is 0 Å². The Hall–Kier alpha value is -3.99. The highest BCUT2D eigenvalue weighted by atomic mass is 16.4. The lowest BCUT2D eigenvalue weighted by Gasteiger charge is -2.25. The number of aliphatic hydroxyl groups excluding tert-OH is 1. The van der Waals surface area contributed by atoms with Gasteiger partial charge < -0.3 is 54.0 Å². The molecule has 17 nitrogen and oxygen atoms in total. The second kappa shape index (κ2) is 16.7. The van der Waals surface area contributed by atoms with Crippen LogP contribution in [0.25, 0.3) is 0 Å². The molecular weight excluding hydrogens is 506 g/mol. The molecule has 0 bridgehead atoms. The number of guanidine groups is 1. The van der Waals surface area contributed by atoms with Crippen LogP contribution in [-0.4, -0.2) is 102 Å². The summed E-state index contributed by atoms with van der Waals surface area (Å²) < 4.78 is 0. The lowest BCUT2D eigenvalue weighted by atomic mass is 10.1. The first-order chi connectivity index (χ1) is 18.0. The molecule has 5 amide bonds. The smallest absolute Gasteiger partial charge is 0.305 e. The van der Waals surface area contributed by atoms with Gasteiger partial charge in [-0.15, -0.1) is 0 Å². The molecule has 13 N–H and O–H groups in total. The van der Waals surface area contributed by atoms with E-state index in [9.17, 15) is 33.9 Å². The molecule has 4 atom stereocenters. The van der Waals surface area contributed by atoms with Crippen LogP contribution in [0.2, 0.25) is 0 Å². The van der Waals surface area contributed by atoms with Gasteiger partial charge in [0, 0.05) is 6.54 Å². The van der Waals surface area contributed by atoms with Gasteiger partial charge in [-0.2, -0.15) is 0 Å². The van der Waals surface area contributed by atoms with Crippen LogP contribution in [-0.2, 0) is 28.8 Å². The van der Waals surface area contributed by atoms with Gasteiger partial charge in [0.25, 0.3) is 0 Å². The maximum Gasteiger partial charge on any atom is 0.305 e. The third-order valence-electron chi connectivity index (χ3n) is 5.43. The van der Waals surface area contributed by atoms with Crippen LogP contribution in [0.4, 0.5) is 0 Å². The molecule has 0 radical (unpaired) electrons. The molecule has 0 saturated carbocycles. The quantitative estimate of drug-likeness (QED) is 0.0666.